The minimum Gasteiger partial charge on any atom is -0.352 e. The maximum absolute atomic E-state index is 11.9. The molecule has 1 amide bonds. The van der Waals surface area contributed by atoms with Crippen molar-refractivity contribution in [1.82, 2.24) is 20.0 Å². The zero-order chi connectivity index (χ0) is 20.1. The fourth-order valence-corrected chi connectivity index (χ4v) is 4.95. The van der Waals surface area contributed by atoms with Crippen LogP contribution in [0.15, 0.2) is 29.3 Å². The van der Waals surface area contributed by atoms with E-state index in [-0.39, 0.29) is 5.91 Å². The van der Waals surface area contributed by atoms with Gasteiger partial charge in [-0.05, 0) is 55.8 Å². The van der Waals surface area contributed by atoms with Gasteiger partial charge in [-0.25, -0.2) is 0 Å². The molecular formula is C23H35N5O. The number of aliphatic imine (C=N–C) groups is 1. The van der Waals surface area contributed by atoms with Gasteiger partial charge in [0.1, 0.15) is 0 Å². The van der Waals surface area contributed by atoms with Crippen molar-refractivity contribution in [3.05, 3.63) is 35.4 Å². The van der Waals surface area contributed by atoms with Crippen LogP contribution >= 0.6 is 0 Å². The molecule has 3 heterocycles. The van der Waals surface area contributed by atoms with Gasteiger partial charge in [-0.2, -0.15) is 0 Å². The van der Waals surface area contributed by atoms with Gasteiger partial charge in [-0.15, -0.1) is 0 Å². The third-order valence-corrected chi connectivity index (χ3v) is 6.50. The fourth-order valence-electron chi connectivity index (χ4n) is 4.95. The highest BCUT2D eigenvalue weighted by atomic mass is 16.2. The van der Waals surface area contributed by atoms with Crippen LogP contribution in [0.25, 0.3) is 0 Å². The third-order valence-electron chi connectivity index (χ3n) is 6.50. The van der Waals surface area contributed by atoms with E-state index in [1.54, 1.807) is 0 Å². The van der Waals surface area contributed by atoms with Crippen LogP contribution in [0.1, 0.15) is 43.2 Å². The van der Waals surface area contributed by atoms with E-state index in [2.05, 4.69) is 44.4 Å². The Morgan fingerprint density at radius 1 is 1.14 bits per heavy atom. The van der Waals surface area contributed by atoms with Crippen molar-refractivity contribution < 1.29 is 4.79 Å². The van der Waals surface area contributed by atoms with E-state index in [1.165, 1.54) is 50.0 Å². The molecule has 1 aromatic carbocycles. The van der Waals surface area contributed by atoms with E-state index in [0.717, 1.165) is 51.0 Å². The molecule has 29 heavy (non-hydrogen) atoms. The minimum absolute atomic E-state index is 0.284. The van der Waals surface area contributed by atoms with Crippen LogP contribution < -0.4 is 5.32 Å². The Labute approximate surface area is 175 Å². The minimum atomic E-state index is 0.284. The lowest BCUT2D eigenvalue weighted by atomic mass is 10.1. The Kier molecular flexibility index (Phi) is 6.70. The van der Waals surface area contributed by atoms with Crippen molar-refractivity contribution in [2.75, 3.05) is 46.3 Å². The van der Waals surface area contributed by atoms with Gasteiger partial charge in [0.2, 0.25) is 5.91 Å². The number of carbonyl (C=O) groups is 1. The molecule has 0 saturated carbocycles. The molecule has 0 aromatic heterocycles. The van der Waals surface area contributed by atoms with E-state index in [0.29, 0.717) is 6.42 Å². The van der Waals surface area contributed by atoms with Gasteiger partial charge in [0.25, 0.3) is 0 Å². The summed E-state index contributed by atoms with van der Waals surface area (Å²) in [5.41, 5.74) is 2.45. The average molecular weight is 398 g/mol. The maximum atomic E-state index is 11.9. The summed E-state index contributed by atoms with van der Waals surface area (Å²) in [5.74, 6) is 2.05. The summed E-state index contributed by atoms with van der Waals surface area (Å²) in [6.07, 6.45) is 5.68. The van der Waals surface area contributed by atoms with Gasteiger partial charge in [0, 0.05) is 52.7 Å². The quantitative estimate of drug-likeness (QED) is 0.591. The SMILES string of the molecule is CN=C(NCc1cccc(CN2CCCC2=O)c1)N1CCC(CN2CCCC2)C1. The van der Waals surface area contributed by atoms with E-state index < -0.39 is 0 Å². The third kappa shape index (κ3) is 5.30. The van der Waals surface area contributed by atoms with Gasteiger partial charge in [0.15, 0.2) is 5.96 Å². The van der Waals surface area contributed by atoms with E-state index in [1.807, 2.05) is 11.9 Å². The monoisotopic (exact) mass is 397 g/mol. The molecule has 3 fully saturated rings. The number of benzene rings is 1. The highest BCUT2D eigenvalue weighted by Crippen LogP contribution is 2.20. The Morgan fingerprint density at radius 3 is 2.72 bits per heavy atom. The van der Waals surface area contributed by atoms with Crippen LogP contribution in [0, 0.1) is 5.92 Å². The highest BCUT2D eigenvalue weighted by Gasteiger charge is 2.27. The normalized spacial score (nSPS) is 23.4. The second-order valence-electron chi connectivity index (χ2n) is 8.75. The summed E-state index contributed by atoms with van der Waals surface area (Å²) in [4.78, 5) is 23.4. The van der Waals surface area contributed by atoms with Crippen molar-refractivity contribution in [1.29, 1.82) is 0 Å². The second-order valence-corrected chi connectivity index (χ2v) is 8.75. The zero-order valence-electron chi connectivity index (χ0n) is 17.8. The molecule has 1 N–H and O–H groups in total. The Hall–Kier alpha value is -2.08. The number of hydrogen-bond acceptors (Lipinski definition) is 3. The van der Waals surface area contributed by atoms with E-state index in [4.69, 9.17) is 0 Å². The summed E-state index contributed by atoms with van der Waals surface area (Å²) < 4.78 is 0. The molecule has 4 rings (SSSR count). The summed E-state index contributed by atoms with van der Waals surface area (Å²) >= 11 is 0. The smallest absolute Gasteiger partial charge is 0.222 e. The first-order chi connectivity index (χ1) is 14.2. The number of amides is 1. The summed E-state index contributed by atoms with van der Waals surface area (Å²) in [5, 5.41) is 3.55. The average Bonchev–Trinajstić information content (AvgIpc) is 3.48. The number of rotatable bonds is 6. The standard InChI is InChI=1S/C23H35N5O/c1-24-23(28-13-9-21(18-28)16-26-10-2-3-11-26)25-15-19-6-4-7-20(14-19)17-27-12-5-8-22(27)29/h4,6-7,14,21H,2-3,5,8-13,15-18H2,1H3,(H,24,25). The van der Waals surface area contributed by atoms with Crippen LogP contribution in [0.2, 0.25) is 0 Å². The molecular weight excluding hydrogens is 362 g/mol. The molecule has 0 aliphatic carbocycles. The van der Waals surface area contributed by atoms with Crippen LogP contribution in [-0.4, -0.2) is 72.9 Å². The molecule has 0 spiro atoms. The first-order valence-corrected chi connectivity index (χ1v) is 11.2. The van der Waals surface area contributed by atoms with Crippen LogP contribution in [-0.2, 0) is 17.9 Å². The predicted octanol–water partition coefficient (Wildman–Crippen LogP) is 2.30. The first kappa shape index (κ1) is 20.2. The van der Waals surface area contributed by atoms with Crippen molar-refractivity contribution in [3.63, 3.8) is 0 Å². The van der Waals surface area contributed by atoms with Crippen molar-refractivity contribution >= 4 is 11.9 Å². The molecule has 158 valence electrons. The van der Waals surface area contributed by atoms with Crippen molar-refractivity contribution in [3.8, 4) is 0 Å². The van der Waals surface area contributed by atoms with Crippen LogP contribution in [0.5, 0.6) is 0 Å². The second kappa shape index (κ2) is 9.61. The first-order valence-electron chi connectivity index (χ1n) is 11.2. The van der Waals surface area contributed by atoms with Crippen molar-refractivity contribution in [2.45, 2.75) is 45.2 Å². The predicted molar refractivity (Wildman–Crippen MR) is 117 cm³/mol. The maximum Gasteiger partial charge on any atom is 0.222 e. The molecule has 3 saturated heterocycles. The Balaban J connectivity index is 1.27. The van der Waals surface area contributed by atoms with Gasteiger partial charge < -0.3 is 20.0 Å². The molecule has 6 heteroatoms. The fraction of sp³-hybridized carbons (Fsp3) is 0.652. The van der Waals surface area contributed by atoms with E-state index >= 15 is 0 Å². The summed E-state index contributed by atoms with van der Waals surface area (Å²) in [7, 11) is 1.88. The number of carbonyl (C=O) groups excluding carboxylic acids is 1. The molecule has 3 aliphatic heterocycles. The number of guanidine groups is 1. The van der Waals surface area contributed by atoms with Gasteiger partial charge in [-0.3, -0.25) is 9.79 Å². The molecule has 1 unspecified atom stereocenters. The molecule has 3 aliphatic rings. The van der Waals surface area contributed by atoms with Gasteiger partial charge >= 0.3 is 0 Å². The van der Waals surface area contributed by atoms with Crippen LogP contribution in [0.3, 0.4) is 0 Å². The lowest BCUT2D eigenvalue weighted by Crippen LogP contribution is -2.40. The number of nitrogens with one attached hydrogen (secondary N) is 1. The number of nitrogens with zero attached hydrogens (tertiary/aromatic N) is 4. The zero-order valence-corrected chi connectivity index (χ0v) is 17.8. The van der Waals surface area contributed by atoms with Crippen LogP contribution in [0.4, 0.5) is 0 Å². The number of hydrogen-bond donors (Lipinski definition) is 1. The summed E-state index contributed by atoms with van der Waals surface area (Å²) in [6, 6.07) is 8.58. The molecule has 6 nitrogen and oxygen atoms in total. The topological polar surface area (TPSA) is 51.2 Å². The molecule has 0 radical (unpaired) electrons. The largest absolute Gasteiger partial charge is 0.352 e. The Bertz CT molecular complexity index is 728. The van der Waals surface area contributed by atoms with Gasteiger partial charge in [0.05, 0.1) is 0 Å². The number of likely N-dealkylation sites (tertiary alicyclic amines) is 3. The van der Waals surface area contributed by atoms with Gasteiger partial charge in [-0.1, -0.05) is 24.3 Å². The van der Waals surface area contributed by atoms with E-state index in [9.17, 15) is 4.79 Å². The lowest BCUT2D eigenvalue weighted by molar-refractivity contribution is -0.128. The molecule has 1 aromatic rings. The lowest BCUT2D eigenvalue weighted by Gasteiger charge is -2.23. The molecule has 1 atom stereocenters. The Morgan fingerprint density at radius 2 is 1.97 bits per heavy atom. The highest BCUT2D eigenvalue weighted by molar-refractivity contribution is 5.80. The van der Waals surface area contributed by atoms with Crippen molar-refractivity contribution in [2.24, 2.45) is 10.9 Å². The summed E-state index contributed by atoms with van der Waals surface area (Å²) in [6.45, 7) is 8.38. The molecule has 0 bridgehead atoms.